The Morgan fingerprint density at radius 1 is 1.33 bits per heavy atom. The molecule has 1 aromatic carbocycles. The fourth-order valence-electron chi connectivity index (χ4n) is 2.17. The summed E-state index contributed by atoms with van der Waals surface area (Å²) in [6.07, 6.45) is -0.0501. The van der Waals surface area contributed by atoms with Gasteiger partial charge >= 0.3 is 6.18 Å². The zero-order valence-corrected chi connectivity index (χ0v) is 11.6. The summed E-state index contributed by atoms with van der Waals surface area (Å²) in [5.41, 5.74) is 2.11. The Morgan fingerprint density at radius 2 is 2.10 bits per heavy atom. The van der Waals surface area contributed by atoms with Crippen LogP contribution >= 0.6 is 0 Å². The minimum Gasteiger partial charge on any atom is -0.310 e. The summed E-state index contributed by atoms with van der Waals surface area (Å²) in [6, 6.07) is 6.22. The molecule has 0 spiro atoms. The van der Waals surface area contributed by atoms with E-state index in [1.165, 1.54) is 17.5 Å². The summed E-state index contributed by atoms with van der Waals surface area (Å²) >= 11 is 0. The van der Waals surface area contributed by atoms with Gasteiger partial charge in [0.05, 0.1) is 17.4 Å². The average molecular weight is 295 g/mol. The van der Waals surface area contributed by atoms with E-state index in [-0.39, 0.29) is 0 Å². The van der Waals surface area contributed by atoms with Crippen molar-refractivity contribution in [1.82, 2.24) is 15.1 Å². The molecule has 0 atom stereocenters. The lowest BCUT2D eigenvalue weighted by atomic mass is 10.1. The van der Waals surface area contributed by atoms with Crippen molar-refractivity contribution >= 4 is 0 Å². The van der Waals surface area contributed by atoms with Gasteiger partial charge in [0.1, 0.15) is 0 Å². The Bertz CT molecular complexity index is 642. The maximum absolute atomic E-state index is 12.6. The van der Waals surface area contributed by atoms with Gasteiger partial charge < -0.3 is 5.32 Å². The maximum Gasteiger partial charge on any atom is 0.419 e. The Hall–Kier alpha value is -1.82. The minimum atomic E-state index is -4.36. The molecule has 1 saturated carbocycles. The van der Waals surface area contributed by atoms with Gasteiger partial charge in [-0.1, -0.05) is 6.07 Å². The van der Waals surface area contributed by atoms with Crippen molar-refractivity contribution in [2.45, 2.75) is 38.5 Å². The van der Waals surface area contributed by atoms with Crippen LogP contribution in [0.15, 0.2) is 30.6 Å². The molecule has 1 fully saturated rings. The van der Waals surface area contributed by atoms with Gasteiger partial charge in [-0.3, -0.25) is 0 Å². The second-order valence-corrected chi connectivity index (χ2v) is 5.44. The van der Waals surface area contributed by atoms with Gasteiger partial charge in [-0.2, -0.15) is 18.3 Å². The molecule has 1 N–H and O–H groups in total. The fraction of sp³-hybridized carbons (Fsp3) is 0.400. The lowest BCUT2D eigenvalue weighted by molar-refractivity contribution is -0.137. The van der Waals surface area contributed by atoms with E-state index in [4.69, 9.17) is 0 Å². The van der Waals surface area contributed by atoms with Gasteiger partial charge in [-0.25, -0.2) is 4.68 Å². The molecule has 0 saturated heterocycles. The van der Waals surface area contributed by atoms with Crippen molar-refractivity contribution in [2.24, 2.45) is 0 Å². The van der Waals surface area contributed by atoms with E-state index in [0.717, 1.165) is 30.1 Å². The first-order chi connectivity index (χ1) is 9.93. The van der Waals surface area contributed by atoms with Crippen molar-refractivity contribution < 1.29 is 13.2 Å². The first kappa shape index (κ1) is 14.1. The van der Waals surface area contributed by atoms with E-state index in [1.54, 1.807) is 6.07 Å². The van der Waals surface area contributed by atoms with Crippen LogP contribution in [0.25, 0.3) is 5.69 Å². The topological polar surface area (TPSA) is 29.9 Å². The van der Waals surface area contributed by atoms with Gasteiger partial charge in [0.25, 0.3) is 0 Å². The van der Waals surface area contributed by atoms with Crippen LogP contribution in [0.5, 0.6) is 0 Å². The largest absolute Gasteiger partial charge is 0.419 e. The summed E-state index contributed by atoms with van der Waals surface area (Å²) in [5.74, 6) is 0. The number of nitrogens with zero attached hydrogens (tertiary/aromatic N) is 2. The molecule has 0 unspecified atom stereocenters. The van der Waals surface area contributed by atoms with Crippen LogP contribution in [-0.4, -0.2) is 15.8 Å². The number of nitrogens with one attached hydrogen (secondary N) is 1. The van der Waals surface area contributed by atoms with Crippen molar-refractivity contribution in [2.75, 3.05) is 0 Å². The molecule has 1 aromatic heterocycles. The number of aromatic nitrogens is 2. The molecule has 3 nitrogen and oxygen atoms in total. The molecule has 0 radical (unpaired) electrons. The summed E-state index contributed by atoms with van der Waals surface area (Å²) in [5, 5.41) is 7.21. The summed E-state index contributed by atoms with van der Waals surface area (Å²) in [7, 11) is 0. The lowest BCUT2D eigenvalue weighted by Gasteiger charge is -2.09. The molecular formula is C15H16F3N3. The van der Waals surface area contributed by atoms with Crippen LogP contribution < -0.4 is 5.32 Å². The number of benzene rings is 1. The molecule has 1 heterocycles. The van der Waals surface area contributed by atoms with Gasteiger partial charge in [-0.15, -0.1) is 0 Å². The number of halogens is 3. The van der Waals surface area contributed by atoms with Gasteiger partial charge in [0.15, 0.2) is 0 Å². The third-order valence-electron chi connectivity index (χ3n) is 3.66. The quantitative estimate of drug-likeness (QED) is 0.936. The Balaban J connectivity index is 1.79. The molecule has 1 aliphatic carbocycles. The Kier molecular flexibility index (Phi) is 3.49. The number of hydrogen-bond donors (Lipinski definition) is 1. The zero-order chi connectivity index (χ0) is 15.0. The van der Waals surface area contributed by atoms with Crippen molar-refractivity contribution in [1.29, 1.82) is 0 Å². The normalized spacial score (nSPS) is 15.4. The van der Waals surface area contributed by atoms with E-state index in [1.807, 2.05) is 19.1 Å². The second kappa shape index (κ2) is 5.18. The van der Waals surface area contributed by atoms with Crippen LogP contribution in [0.1, 0.15) is 29.5 Å². The summed E-state index contributed by atoms with van der Waals surface area (Å²) in [4.78, 5) is 0. The van der Waals surface area contributed by atoms with Crippen LogP contribution in [0.4, 0.5) is 13.2 Å². The van der Waals surface area contributed by atoms with Crippen LogP contribution in [0, 0.1) is 6.92 Å². The fourth-order valence-corrected chi connectivity index (χ4v) is 2.17. The number of hydrogen-bond acceptors (Lipinski definition) is 2. The lowest BCUT2D eigenvalue weighted by Crippen LogP contribution is -2.16. The predicted molar refractivity (Wildman–Crippen MR) is 73.2 cm³/mol. The smallest absolute Gasteiger partial charge is 0.310 e. The highest BCUT2D eigenvalue weighted by Crippen LogP contribution is 2.29. The second-order valence-electron chi connectivity index (χ2n) is 5.44. The monoisotopic (exact) mass is 295 g/mol. The Morgan fingerprint density at radius 3 is 2.67 bits per heavy atom. The standard InChI is InChI=1S/C15H16F3N3/c1-10-6-14(5-2-11(10)7-19-13-3-4-13)21-9-12(8-20-21)15(16,17)18/h2,5-6,8-9,13,19H,3-4,7H2,1H3. The van der Waals surface area contributed by atoms with E-state index in [0.29, 0.717) is 11.7 Å². The highest BCUT2D eigenvalue weighted by atomic mass is 19.4. The summed E-state index contributed by atoms with van der Waals surface area (Å²) in [6.45, 7) is 2.76. The van der Waals surface area contributed by atoms with E-state index >= 15 is 0 Å². The van der Waals surface area contributed by atoms with Gasteiger partial charge in [-0.05, 0) is 43.0 Å². The third kappa shape index (κ3) is 3.26. The molecule has 21 heavy (non-hydrogen) atoms. The number of rotatable bonds is 4. The molecule has 2 aromatic rings. The first-order valence-electron chi connectivity index (χ1n) is 6.88. The van der Waals surface area contributed by atoms with Crippen LogP contribution in [-0.2, 0) is 12.7 Å². The zero-order valence-electron chi connectivity index (χ0n) is 11.6. The van der Waals surface area contributed by atoms with Crippen LogP contribution in [0.2, 0.25) is 0 Å². The van der Waals surface area contributed by atoms with Crippen LogP contribution in [0.3, 0.4) is 0 Å². The predicted octanol–water partition coefficient (Wildman–Crippen LogP) is 3.45. The molecule has 3 rings (SSSR count). The molecule has 112 valence electrons. The van der Waals surface area contributed by atoms with E-state index < -0.39 is 11.7 Å². The molecule has 0 aliphatic heterocycles. The molecule has 0 bridgehead atoms. The van der Waals surface area contributed by atoms with Gasteiger partial charge in [0.2, 0.25) is 0 Å². The first-order valence-corrected chi connectivity index (χ1v) is 6.88. The Labute approximate surface area is 120 Å². The summed E-state index contributed by atoms with van der Waals surface area (Å²) < 4.78 is 39.0. The maximum atomic E-state index is 12.6. The highest BCUT2D eigenvalue weighted by Gasteiger charge is 2.32. The van der Waals surface area contributed by atoms with E-state index in [2.05, 4.69) is 10.4 Å². The SMILES string of the molecule is Cc1cc(-n2cc(C(F)(F)F)cn2)ccc1CNC1CC1. The molecular weight excluding hydrogens is 279 g/mol. The third-order valence-corrected chi connectivity index (χ3v) is 3.66. The van der Waals surface area contributed by atoms with E-state index in [9.17, 15) is 13.2 Å². The van der Waals surface area contributed by atoms with Crippen molar-refractivity contribution in [3.8, 4) is 5.69 Å². The minimum absolute atomic E-state index is 0.629. The number of alkyl halides is 3. The average Bonchev–Trinajstić information content (AvgIpc) is 3.09. The van der Waals surface area contributed by atoms with Gasteiger partial charge in [0, 0.05) is 18.8 Å². The van der Waals surface area contributed by atoms with Crippen molar-refractivity contribution in [3.05, 3.63) is 47.3 Å². The highest BCUT2D eigenvalue weighted by molar-refractivity contribution is 5.40. The number of aryl methyl sites for hydroxylation is 1. The van der Waals surface area contributed by atoms with Crippen molar-refractivity contribution in [3.63, 3.8) is 0 Å². The molecule has 0 amide bonds. The molecule has 6 heteroatoms. The molecule has 1 aliphatic rings.